The van der Waals surface area contributed by atoms with Crippen molar-refractivity contribution in [1.82, 2.24) is 0 Å². The van der Waals surface area contributed by atoms with Crippen LogP contribution in [-0.4, -0.2) is 47.8 Å². The number of ether oxygens (including phenoxy) is 4. The van der Waals surface area contributed by atoms with Crippen LogP contribution in [0.3, 0.4) is 0 Å². The molecule has 1 heterocycles. The van der Waals surface area contributed by atoms with Crippen LogP contribution in [0.15, 0.2) is 36.5 Å². The smallest absolute Gasteiger partial charge is 0.309 e. The van der Waals surface area contributed by atoms with Crippen LogP contribution >= 0.6 is 0 Å². The van der Waals surface area contributed by atoms with Gasteiger partial charge in [-0.3, -0.25) is 19.1 Å². The molecule has 0 aromatic rings. The molecular formula is C31H46O8. The van der Waals surface area contributed by atoms with Crippen molar-refractivity contribution < 1.29 is 38.4 Å². The van der Waals surface area contributed by atoms with Gasteiger partial charge in [0.25, 0.3) is 0 Å². The summed E-state index contributed by atoms with van der Waals surface area (Å²) >= 11 is 0. The Hall–Kier alpha value is -2.45. The summed E-state index contributed by atoms with van der Waals surface area (Å²) in [6.07, 6.45) is 3.28. The van der Waals surface area contributed by atoms with E-state index in [1.807, 2.05) is 20.8 Å². The predicted molar refractivity (Wildman–Crippen MR) is 146 cm³/mol. The van der Waals surface area contributed by atoms with Crippen LogP contribution in [0.1, 0.15) is 86.5 Å². The molecule has 2 fully saturated rings. The quantitative estimate of drug-likeness (QED) is 0.159. The Kier molecular flexibility index (Phi) is 9.87. The molecule has 2 unspecified atom stereocenters. The van der Waals surface area contributed by atoms with Gasteiger partial charge in [-0.1, -0.05) is 59.4 Å². The molecule has 8 heteroatoms. The average Bonchev–Trinajstić information content (AvgIpc) is 3.17. The second-order valence-electron chi connectivity index (χ2n) is 11.8. The highest BCUT2D eigenvalue weighted by Crippen LogP contribution is 2.67. The number of aliphatic hydroxyl groups excluding tert-OH is 1. The van der Waals surface area contributed by atoms with Gasteiger partial charge in [-0.05, 0) is 61.9 Å². The maximum absolute atomic E-state index is 12.9. The van der Waals surface area contributed by atoms with Crippen molar-refractivity contribution in [2.24, 2.45) is 28.6 Å². The molecule has 1 N–H and O–H groups in total. The van der Waals surface area contributed by atoms with E-state index in [1.54, 1.807) is 12.2 Å². The molecule has 1 saturated heterocycles. The molecule has 8 nitrogen and oxygen atoms in total. The van der Waals surface area contributed by atoms with E-state index in [-0.39, 0.29) is 30.1 Å². The lowest BCUT2D eigenvalue weighted by atomic mass is 9.45. The Balaban J connectivity index is 2.18. The standard InChI is InChI=1S/C31H46O8/c1-9-12-26(34)38-28-23-16-22(37-27(35)19(5)11-3)17-24-30(8,14-13-18(4)10-2)20(6)15-25(33)31(23,24)29(39-28)36-21(7)32/h10,16,19-20,22,24-25,28-29,33H,2,4,9,11-15,17H2,1,3,5-8H3/t19?,20-,22+,24+,25+,28+,29-,30-,31?/m0/s1. The van der Waals surface area contributed by atoms with E-state index in [9.17, 15) is 19.5 Å². The van der Waals surface area contributed by atoms with Gasteiger partial charge in [0.2, 0.25) is 12.6 Å². The molecule has 39 heavy (non-hydrogen) atoms. The van der Waals surface area contributed by atoms with Crippen molar-refractivity contribution in [3.63, 3.8) is 0 Å². The first-order valence-electron chi connectivity index (χ1n) is 14.3. The zero-order valence-electron chi connectivity index (χ0n) is 24.4. The molecule has 0 radical (unpaired) electrons. The second kappa shape index (κ2) is 12.4. The van der Waals surface area contributed by atoms with Gasteiger partial charge in [0.15, 0.2) is 0 Å². The van der Waals surface area contributed by atoms with Crippen molar-refractivity contribution in [3.05, 3.63) is 36.5 Å². The van der Waals surface area contributed by atoms with Crippen LogP contribution in [0, 0.1) is 28.6 Å². The van der Waals surface area contributed by atoms with Crippen LogP contribution < -0.4 is 0 Å². The Morgan fingerprint density at radius 3 is 2.49 bits per heavy atom. The molecule has 0 bridgehead atoms. The minimum Gasteiger partial charge on any atom is -0.458 e. The predicted octanol–water partition coefficient (Wildman–Crippen LogP) is 5.40. The Morgan fingerprint density at radius 2 is 1.90 bits per heavy atom. The van der Waals surface area contributed by atoms with Crippen molar-refractivity contribution in [2.75, 3.05) is 0 Å². The van der Waals surface area contributed by atoms with Gasteiger partial charge >= 0.3 is 17.9 Å². The van der Waals surface area contributed by atoms with Gasteiger partial charge in [0, 0.05) is 18.9 Å². The third kappa shape index (κ3) is 5.87. The average molecular weight is 547 g/mol. The zero-order chi connectivity index (χ0) is 29.1. The summed E-state index contributed by atoms with van der Waals surface area (Å²) in [5.41, 5.74) is -0.153. The lowest BCUT2D eigenvalue weighted by Gasteiger charge is -2.60. The van der Waals surface area contributed by atoms with Crippen molar-refractivity contribution in [1.29, 1.82) is 0 Å². The van der Waals surface area contributed by atoms with Gasteiger partial charge < -0.3 is 19.3 Å². The number of esters is 3. The molecule has 1 saturated carbocycles. The van der Waals surface area contributed by atoms with Gasteiger partial charge in [-0.2, -0.15) is 0 Å². The van der Waals surface area contributed by atoms with Crippen molar-refractivity contribution in [2.45, 2.75) is 111 Å². The topological polar surface area (TPSA) is 108 Å². The summed E-state index contributed by atoms with van der Waals surface area (Å²) < 4.78 is 23.7. The minimum absolute atomic E-state index is 0.0747. The van der Waals surface area contributed by atoms with Crippen LogP contribution in [-0.2, 0) is 33.3 Å². The van der Waals surface area contributed by atoms with E-state index in [0.717, 1.165) is 12.0 Å². The number of carbonyl (C=O) groups is 3. The first-order valence-corrected chi connectivity index (χ1v) is 14.3. The molecule has 3 aliphatic rings. The number of carbonyl (C=O) groups excluding carboxylic acids is 3. The summed E-state index contributed by atoms with van der Waals surface area (Å²) in [7, 11) is 0. The van der Waals surface area contributed by atoms with E-state index in [1.165, 1.54) is 6.92 Å². The van der Waals surface area contributed by atoms with E-state index in [2.05, 4.69) is 27.0 Å². The molecule has 1 aliphatic heterocycles. The fourth-order valence-electron chi connectivity index (χ4n) is 6.68. The summed E-state index contributed by atoms with van der Waals surface area (Å²) in [6.45, 7) is 19.1. The first kappa shape index (κ1) is 31.1. The fraction of sp³-hybridized carbons (Fsp3) is 0.710. The summed E-state index contributed by atoms with van der Waals surface area (Å²) in [4.78, 5) is 37.8. The zero-order valence-corrected chi connectivity index (χ0v) is 24.4. The van der Waals surface area contributed by atoms with E-state index < -0.39 is 47.6 Å². The monoisotopic (exact) mass is 546 g/mol. The van der Waals surface area contributed by atoms with Gasteiger partial charge in [0.1, 0.15) is 6.10 Å². The number of hydrogen-bond acceptors (Lipinski definition) is 8. The Morgan fingerprint density at radius 1 is 1.21 bits per heavy atom. The molecule has 1 spiro atoms. The molecule has 9 atom stereocenters. The van der Waals surface area contributed by atoms with Crippen LogP contribution in [0.2, 0.25) is 0 Å². The lowest BCUT2D eigenvalue weighted by Crippen LogP contribution is -2.63. The number of rotatable bonds is 11. The largest absolute Gasteiger partial charge is 0.458 e. The molecular weight excluding hydrogens is 500 g/mol. The summed E-state index contributed by atoms with van der Waals surface area (Å²) in [6, 6.07) is 0. The molecule has 2 aliphatic carbocycles. The molecule has 218 valence electrons. The van der Waals surface area contributed by atoms with Crippen molar-refractivity contribution >= 4 is 17.9 Å². The third-order valence-corrected chi connectivity index (χ3v) is 9.37. The fourth-order valence-corrected chi connectivity index (χ4v) is 6.68. The molecule has 0 aromatic heterocycles. The highest BCUT2D eigenvalue weighted by molar-refractivity contribution is 5.72. The molecule has 0 amide bonds. The Bertz CT molecular complexity index is 1000. The SMILES string of the molecule is C=CC(=C)CC[C@@]1(C)[C@@H](C)C[C@@H](O)C23C(=C[C@@H](OC(=O)C(C)CC)C[C@@H]21)[C@H](OC(=O)CCC)O[C@@H]3OC(C)=O. The Labute approximate surface area is 232 Å². The third-order valence-electron chi connectivity index (χ3n) is 9.37. The highest BCUT2D eigenvalue weighted by atomic mass is 16.8. The lowest BCUT2D eigenvalue weighted by molar-refractivity contribution is -0.255. The molecule has 3 rings (SSSR count). The van der Waals surface area contributed by atoms with Gasteiger partial charge in [-0.15, -0.1) is 0 Å². The van der Waals surface area contributed by atoms with E-state index in [0.29, 0.717) is 37.7 Å². The van der Waals surface area contributed by atoms with E-state index in [4.69, 9.17) is 18.9 Å². The summed E-state index contributed by atoms with van der Waals surface area (Å²) in [5.74, 6) is -1.86. The number of hydrogen-bond donors (Lipinski definition) is 1. The number of allylic oxidation sites excluding steroid dienone is 2. The van der Waals surface area contributed by atoms with Crippen LogP contribution in [0.5, 0.6) is 0 Å². The minimum atomic E-state index is -1.17. The maximum Gasteiger partial charge on any atom is 0.309 e. The van der Waals surface area contributed by atoms with Gasteiger partial charge in [-0.25, -0.2) is 0 Å². The van der Waals surface area contributed by atoms with E-state index >= 15 is 0 Å². The van der Waals surface area contributed by atoms with Crippen LogP contribution in [0.25, 0.3) is 0 Å². The normalized spacial score (nSPS) is 36.0. The summed E-state index contributed by atoms with van der Waals surface area (Å²) in [5, 5.41) is 11.8. The highest BCUT2D eigenvalue weighted by Gasteiger charge is 2.71. The first-order chi connectivity index (χ1) is 18.3. The number of aliphatic hydroxyl groups is 1. The van der Waals surface area contributed by atoms with Gasteiger partial charge in [0.05, 0.1) is 17.4 Å². The molecule has 0 aromatic carbocycles. The van der Waals surface area contributed by atoms with Crippen LogP contribution in [0.4, 0.5) is 0 Å². The maximum atomic E-state index is 12.9. The van der Waals surface area contributed by atoms with Crippen molar-refractivity contribution in [3.8, 4) is 0 Å². The second-order valence-corrected chi connectivity index (χ2v) is 11.8.